The third-order valence-corrected chi connectivity index (χ3v) is 4.57. The molecule has 0 spiro atoms. The van der Waals surface area contributed by atoms with Crippen LogP contribution in [-0.4, -0.2) is 42.5 Å². The van der Waals surface area contributed by atoms with Crippen LogP contribution in [-0.2, 0) is 13.6 Å². The van der Waals surface area contributed by atoms with Gasteiger partial charge in [0.15, 0.2) is 0 Å². The van der Waals surface area contributed by atoms with Crippen LogP contribution < -0.4 is 10.9 Å². The lowest BCUT2D eigenvalue weighted by Gasteiger charge is -2.30. The van der Waals surface area contributed by atoms with Crippen LogP contribution in [0.25, 0.3) is 0 Å². The van der Waals surface area contributed by atoms with Crippen molar-refractivity contribution in [3.63, 3.8) is 0 Å². The van der Waals surface area contributed by atoms with Gasteiger partial charge in [-0.1, -0.05) is 0 Å². The molecule has 0 heterocycles. The maximum atomic E-state index is 12.3. The Labute approximate surface area is 117 Å². The molecular weight excluding hydrogens is 297 g/mol. The zero-order chi connectivity index (χ0) is 14.9. The van der Waals surface area contributed by atoms with Gasteiger partial charge in [0, 0.05) is 5.88 Å². The first-order valence-electron chi connectivity index (χ1n) is 5.85. The second-order valence-electron chi connectivity index (χ2n) is 3.43. The summed E-state index contributed by atoms with van der Waals surface area (Å²) >= 11 is 5.44. The van der Waals surface area contributed by atoms with Crippen molar-refractivity contribution >= 4 is 25.2 Å². The molecule has 0 radical (unpaired) electrons. The lowest BCUT2D eigenvalue weighted by Crippen LogP contribution is -2.49. The third-order valence-electron chi connectivity index (χ3n) is 2.09. The number of halogens is 1. The van der Waals surface area contributed by atoms with E-state index in [0.29, 0.717) is 0 Å². The molecule has 0 fully saturated rings. The van der Waals surface area contributed by atoms with E-state index in [2.05, 4.69) is 5.32 Å². The van der Waals surface area contributed by atoms with Gasteiger partial charge in [-0.3, -0.25) is 9.57 Å². The number of hydrazine groups is 1. The number of rotatable bonds is 9. The second-order valence-corrected chi connectivity index (χ2v) is 6.18. The molecule has 0 aromatic rings. The van der Waals surface area contributed by atoms with Crippen molar-refractivity contribution in [3.8, 4) is 0 Å². The molecule has 0 saturated carbocycles. The molecule has 8 nitrogen and oxygen atoms in total. The smallest absolute Gasteiger partial charge is 0.352 e. The van der Waals surface area contributed by atoms with Gasteiger partial charge in [0.25, 0.3) is 0 Å². The van der Waals surface area contributed by atoms with Gasteiger partial charge < -0.3 is 25.2 Å². The van der Waals surface area contributed by atoms with Crippen LogP contribution in [0.5, 0.6) is 0 Å². The van der Waals surface area contributed by atoms with E-state index in [1.807, 2.05) is 0 Å². The monoisotopic (exact) mass is 316 g/mol. The van der Waals surface area contributed by atoms with Crippen molar-refractivity contribution in [1.82, 2.24) is 15.9 Å². The van der Waals surface area contributed by atoms with Crippen LogP contribution in [0.2, 0.25) is 0 Å². The van der Waals surface area contributed by atoms with Crippen LogP contribution in [0.3, 0.4) is 0 Å². The lowest BCUT2D eigenvalue weighted by atomic mass is 10.6. The number of carbonyl (C=O) groups excluding carboxylic acids is 1. The molecular formula is C9H20ClN3O5P-. The van der Waals surface area contributed by atoms with Gasteiger partial charge in [0.05, 0.1) is 19.8 Å². The molecule has 114 valence electrons. The van der Waals surface area contributed by atoms with Crippen LogP contribution in [0, 0.1) is 5.21 Å². The number of amides is 2. The summed E-state index contributed by atoms with van der Waals surface area (Å²) in [7, 11) is -3.45. The Balaban J connectivity index is 4.66. The van der Waals surface area contributed by atoms with Gasteiger partial charge in [-0.2, -0.15) is 0 Å². The fraction of sp³-hybridized carbons (Fsp3) is 0.889. The first-order chi connectivity index (χ1) is 8.95. The number of carbonyl (C=O) groups is 1. The maximum absolute atomic E-state index is 12.3. The fourth-order valence-electron chi connectivity index (χ4n) is 1.23. The molecule has 2 N–H and O–H groups in total. The highest BCUT2D eigenvalue weighted by molar-refractivity contribution is 7.54. The first-order valence-corrected chi connectivity index (χ1v) is 8.00. The molecule has 0 aliphatic carbocycles. The van der Waals surface area contributed by atoms with Crippen LogP contribution >= 0.6 is 19.2 Å². The number of urea groups is 1. The molecule has 0 bridgehead atoms. The van der Waals surface area contributed by atoms with Crippen molar-refractivity contribution < 1.29 is 18.4 Å². The van der Waals surface area contributed by atoms with E-state index in [0.717, 1.165) is 5.01 Å². The quantitative estimate of drug-likeness (QED) is 0.382. The van der Waals surface area contributed by atoms with Gasteiger partial charge in [-0.25, -0.2) is 4.79 Å². The predicted molar refractivity (Wildman–Crippen MR) is 72.8 cm³/mol. The molecule has 2 amide bonds. The summed E-state index contributed by atoms with van der Waals surface area (Å²) in [5.41, 5.74) is 1.44. The number of hydrogen-bond donors (Lipinski definition) is 2. The Bertz CT molecular complexity index is 310. The van der Waals surface area contributed by atoms with Gasteiger partial charge in [-0.15, -0.1) is 11.6 Å². The van der Waals surface area contributed by atoms with Crippen LogP contribution in [0.15, 0.2) is 0 Å². The topological polar surface area (TPSA) is 103 Å². The first kappa shape index (κ1) is 18.6. The van der Waals surface area contributed by atoms with Gasteiger partial charge in [0.1, 0.15) is 5.78 Å². The lowest BCUT2D eigenvalue weighted by molar-refractivity contribution is 0.178. The van der Waals surface area contributed by atoms with E-state index in [1.165, 1.54) is 12.5 Å². The van der Waals surface area contributed by atoms with Crippen molar-refractivity contribution in [3.05, 3.63) is 5.21 Å². The molecule has 0 saturated heterocycles. The third kappa shape index (κ3) is 6.07. The molecule has 0 aliphatic rings. The minimum atomic E-state index is -3.45. The SMILES string of the molecule is CCOP(=O)(OCC)[C@@H](C)NC(=O)N(CCCl)N[O-]. The molecule has 1 atom stereocenters. The minimum absolute atomic E-state index is 0.0111. The van der Waals surface area contributed by atoms with Gasteiger partial charge >= 0.3 is 13.6 Å². The summed E-state index contributed by atoms with van der Waals surface area (Å²) in [4.78, 5) is 11.7. The van der Waals surface area contributed by atoms with E-state index in [-0.39, 0.29) is 25.6 Å². The van der Waals surface area contributed by atoms with Crippen molar-refractivity contribution in [1.29, 1.82) is 0 Å². The summed E-state index contributed by atoms with van der Waals surface area (Å²) in [5.74, 6) is -0.794. The number of hydrogen-bond acceptors (Lipinski definition) is 6. The molecule has 19 heavy (non-hydrogen) atoms. The highest BCUT2D eigenvalue weighted by Gasteiger charge is 2.33. The van der Waals surface area contributed by atoms with E-state index < -0.39 is 19.4 Å². The standard InChI is InChI=1S/C9H20ClN3O5P/c1-4-17-19(16,18-5-2)8(3)11-9(14)13(12-15)7-6-10/h8,12H,4-7H2,1-3H3,(H,11,14)/q-1/t8-/m0/s1. The Morgan fingerprint density at radius 1 is 1.42 bits per heavy atom. The van der Waals surface area contributed by atoms with Crippen molar-refractivity contribution in [2.24, 2.45) is 0 Å². The highest BCUT2D eigenvalue weighted by Crippen LogP contribution is 2.51. The summed E-state index contributed by atoms with van der Waals surface area (Å²) in [5, 5.41) is 13.7. The fourth-order valence-corrected chi connectivity index (χ4v) is 2.91. The van der Waals surface area contributed by atoms with E-state index in [9.17, 15) is 14.6 Å². The van der Waals surface area contributed by atoms with Gasteiger partial charge in [0.2, 0.25) is 0 Å². The average Bonchev–Trinajstić information content (AvgIpc) is 2.36. The summed E-state index contributed by atoms with van der Waals surface area (Å²) in [6.07, 6.45) is 0. The van der Waals surface area contributed by atoms with E-state index >= 15 is 0 Å². The predicted octanol–water partition coefficient (Wildman–Crippen LogP) is 1.85. The Morgan fingerprint density at radius 3 is 2.32 bits per heavy atom. The zero-order valence-electron chi connectivity index (χ0n) is 11.2. The second kappa shape index (κ2) is 9.52. The molecule has 0 aromatic heterocycles. The van der Waals surface area contributed by atoms with E-state index in [1.54, 1.807) is 13.8 Å². The summed E-state index contributed by atoms with van der Waals surface area (Å²) < 4.78 is 22.5. The zero-order valence-corrected chi connectivity index (χ0v) is 12.9. The number of nitrogens with one attached hydrogen (secondary N) is 2. The molecule has 10 heteroatoms. The molecule has 0 aromatic carbocycles. The largest absolute Gasteiger partial charge is 0.770 e. The van der Waals surface area contributed by atoms with Crippen LogP contribution in [0.1, 0.15) is 20.8 Å². The Morgan fingerprint density at radius 2 is 1.95 bits per heavy atom. The number of nitrogens with zero attached hydrogens (tertiary/aromatic N) is 1. The number of alkyl halides is 1. The van der Waals surface area contributed by atoms with Crippen LogP contribution in [0.4, 0.5) is 4.79 Å². The molecule has 0 unspecified atom stereocenters. The highest BCUT2D eigenvalue weighted by atomic mass is 35.5. The maximum Gasteiger partial charge on any atom is 0.352 e. The molecule has 0 rings (SSSR count). The van der Waals surface area contributed by atoms with Crippen molar-refractivity contribution in [2.75, 3.05) is 25.6 Å². The Kier molecular flexibility index (Phi) is 9.34. The van der Waals surface area contributed by atoms with Gasteiger partial charge in [-0.05, 0) is 20.8 Å². The Hall–Kier alpha value is -0.370. The summed E-state index contributed by atoms with van der Waals surface area (Å²) in [6, 6.07) is -0.747. The molecule has 0 aliphatic heterocycles. The minimum Gasteiger partial charge on any atom is -0.770 e. The van der Waals surface area contributed by atoms with Crippen molar-refractivity contribution in [2.45, 2.75) is 26.6 Å². The normalized spacial score (nSPS) is 13.1. The van der Waals surface area contributed by atoms with E-state index in [4.69, 9.17) is 20.6 Å². The average molecular weight is 317 g/mol. The summed E-state index contributed by atoms with van der Waals surface area (Å²) in [6.45, 7) is 5.19.